The molecule has 1 heterocycles. The highest BCUT2D eigenvalue weighted by Gasteiger charge is 2.25. The van der Waals surface area contributed by atoms with E-state index in [4.69, 9.17) is 9.84 Å². The fourth-order valence-electron chi connectivity index (χ4n) is 1.22. The zero-order chi connectivity index (χ0) is 8.55. The first kappa shape index (κ1) is 7.31. The Morgan fingerprint density at radius 3 is 3.00 bits per heavy atom. The Morgan fingerprint density at radius 2 is 2.17 bits per heavy atom. The van der Waals surface area contributed by atoms with Crippen LogP contribution in [0.3, 0.4) is 0 Å². The Bertz CT molecular complexity index is 319. The minimum Gasteiger partial charge on any atom is -0.490 e. The van der Waals surface area contributed by atoms with Crippen LogP contribution in [0.4, 0.5) is 0 Å². The molecule has 1 N–H and O–H groups in total. The summed E-state index contributed by atoms with van der Waals surface area (Å²) in [5.74, 6) is 0.310. The normalized spacial score (nSPS) is 21.4. The zero-order valence-electron chi connectivity index (χ0n) is 6.36. The van der Waals surface area contributed by atoms with Crippen LogP contribution in [0.5, 0.6) is 5.75 Å². The number of hydrogen-bond donors (Lipinski definition) is 1. The molecule has 0 unspecified atom stereocenters. The lowest BCUT2D eigenvalue weighted by Crippen LogP contribution is -2.32. The van der Waals surface area contributed by atoms with E-state index in [0.717, 1.165) is 0 Å². The van der Waals surface area contributed by atoms with Gasteiger partial charge in [-0.15, -0.1) is 0 Å². The van der Waals surface area contributed by atoms with Crippen LogP contribution in [0.25, 0.3) is 0 Å². The highest BCUT2D eigenvalue weighted by molar-refractivity contribution is 6.02. The van der Waals surface area contributed by atoms with Crippen molar-refractivity contribution in [3.8, 4) is 5.75 Å². The summed E-state index contributed by atoms with van der Waals surface area (Å²) in [5.41, 5.74) is 0.469. The maximum atomic E-state index is 11.3. The van der Waals surface area contributed by atoms with Crippen molar-refractivity contribution >= 4 is 5.78 Å². The third-order valence-electron chi connectivity index (χ3n) is 1.85. The highest BCUT2D eigenvalue weighted by atomic mass is 16.5. The Kier molecular flexibility index (Phi) is 1.59. The monoisotopic (exact) mass is 164 g/mol. The largest absolute Gasteiger partial charge is 0.490 e. The molecule has 62 valence electrons. The number of ether oxygens (including phenoxy) is 1. The lowest BCUT2D eigenvalue weighted by atomic mass is 10.0. The van der Waals surface area contributed by atoms with Crippen molar-refractivity contribution in [3.63, 3.8) is 0 Å². The Balaban J connectivity index is 2.49. The molecule has 1 atom stereocenters. The molecule has 3 heteroatoms. The first-order valence-corrected chi connectivity index (χ1v) is 3.73. The smallest absolute Gasteiger partial charge is 0.198 e. The van der Waals surface area contributed by atoms with E-state index < -0.39 is 6.10 Å². The molecule has 0 aromatic heterocycles. The van der Waals surface area contributed by atoms with Crippen LogP contribution in [0.1, 0.15) is 10.4 Å². The van der Waals surface area contributed by atoms with Gasteiger partial charge in [-0.25, -0.2) is 0 Å². The van der Waals surface area contributed by atoms with E-state index in [9.17, 15) is 4.79 Å². The Morgan fingerprint density at radius 1 is 1.42 bits per heavy atom. The molecule has 2 rings (SSSR count). The number of ketones is 1. The molecule has 0 saturated heterocycles. The summed E-state index contributed by atoms with van der Waals surface area (Å²) >= 11 is 0. The predicted molar refractivity (Wildman–Crippen MR) is 42.3 cm³/mol. The van der Waals surface area contributed by atoms with Gasteiger partial charge >= 0.3 is 0 Å². The summed E-state index contributed by atoms with van der Waals surface area (Å²) in [6.07, 6.45) is -1.00. The van der Waals surface area contributed by atoms with E-state index >= 15 is 0 Å². The average molecular weight is 164 g/mol. The molecular weight excluding hydrogens is 156 g/mol. The third kappa shape index (κ3) is 0.987. The molecule has 1 aromatic carbocycles. The van der Waals surface area contributed by atoms with Gasteiger partial charge in [-0.05, 0) is 12.1 Å². The minimum absolute atomic E-state index is 0.0653. The number of rotatable bonds is 0. The summed E-state index contributed by atoms with van der Waals surface area (Å²) in [6, 6.07) is 6.92. The van der Waals surface area contributed by atoms with Crippen molar-refractivity contribution in [2.24, 2.45) is 0 Å². The van der Waals surface area contributed by atoms with Crippen molar-refractivity contribution in [3.05, 3.63) is 29.8 Å². The van der Waals surface area contributed by atoms with Gasteiger partial charge in [-0.2, -0.15) is 0 Å². The summed E-state index contributed by atoms with van der Waals surface area (Å²) in [7, 11) is 0. The van der Waals surface area contributed by atoms with Gasteiger partial charge < -0.3 is 9.84 Å². The van der Waals surface area contributed by atoms with E-state index in [1.165, 1.54) is 0 Å². The van der Waals surface area contributed by atoms with E-state index in [1.807, 2.05) is 0 Å². The summed E-state index contributed by atoms with van der Waals surface area (Å²) in [4.78, 5) is 11.3. The van der Waals surface area contributed by atoms with Gasteiger partial charge in [0, 0.05) is 0 Å². The lowest BCUT2D eigenvalue weighted by Gasteiger charge is -2.19. The van der Waals surface area contributed by atoms with E-state index in [2.05, 4.69) is 0 Å². The highest BCUT2D eigenvalue weighted by Crippen LogP contribution is 2.23. The van der Waals surface area contributed by atoms with Crippen LogP contribution in [-0.4, -0.2) is 23.6 Å². The summed E-state index contributed by atoms with van der Waals surface area (Å²) < 4.78 is 5.14. The van der Waals surface area contributed by atoms with Crippen LogP contribution in [0.2, 0.25) is 0 Å². The topological polar surface area (TPSA) is 46.5 Å². The van der Waals surface area contributed by atoms with E-state index in [1.54, 1.807) is 24.3 Å². The van der Waals surface area contributed by atoms with Crippen LogP contribution in [0.15, 0.2) is 24.3 Å². The number of fused-ring (bicyclic) bond motifs is 1. The molecule has 0 bridgehead atoms. The second-order valence-electron chi connectivity index (χ2n) is 2.69. The number of carbonyl (C=O) groups is 1. The molecule has 1 aliphatic rings. The second-order valence-corrected chi connectivity index (χ2v) is 2.69. The third-order valence-corrected chi connectivity index (χ3v) is 1.85. The van der Waals surface area contributed by atoms with Gasteiger partial charge in [-0.3, -0.25) is 4.79 Å². The van der Waals surface area contributed by atoms with Crippen LogP contribution in [0, 0.1) is 0 Å². The van der Waals surface area contributed by atoms with Gasteiger partial charge in [0.05, 0.1) is 5.56 Å². The molecular formula is C9H8O3. The zero-order valence-corrected chi connectivity index (χ0v) is 6.36. The van der Waals surface area contributed by atoms with Crippen molar-refractivity contribution < 1.29 is 14.6 Å². The summed E-state index contributed by atoms with van der Waals surface area (Å²) in [6.45, 7) is 0.0653. The van der Waals surface area contributed by atoms with Crippen LogP contribution >= 0.6 is 0 Å². The molecule has 0 spiro atoms. The molecule has 0 fully saturated rings. The first-order chi connectivity index (χ1) is 5.79. The van der Waals surface area contributed by atoms with Crippen molar-refractivity contribution in [1.29, 1.82) is 0 Å². The molecule has 3 nitrogen and oxygen atoms in total. The SMILES string of the molecule is O=C1c2ccccc2OC[C@H]1O. The Labute approximate surface area is 69.6 Å². The van der Waals surface area contributed by atoms with Gasteiger partial charge in [0.1, 0.15) is 12.4 Å². The fraction of sp³-hybridized carbons (Fsp3) is 0.222. The standard InChI is InChI=1S/C9H8O3/c10-7-5-12-8-4-2-1-3-6(8)9(7)11/h1-4,7,10H,5H2/t7-/m1/s1. The predicted octanol–water partition coefficient (Wildman–Crippen LogP) is 0.623. The molecule has 1 aliphatic heterocycles. The summed E-state index contributed by atoms with van der Waals surface area (Å²) in [5, 5.41) is 9.15. The molecule has 0 saturated carbocycles. The van der Waals surface area contributed by atoms with Crippen LogP contribution in [-0.2, 0) is 0 Å². The number of aliphatic hydroxyl groups is 1. The maximum Gasteiger partial charge on any atom is 0.198 e. The number of hydrogen-bond acceptors (Lipinski definition) is 3. The number of para-hydroxylation sites is 1. The van der Waals surface area contributed by atoms with Gasteiger partial charge in [0.15, 0.2) is 11.9 Å². The van der Waals surface area contributed by atoms with E-state index in [0.29, 0.717) is 11.3 Å². The molecule has 12 heavy (non-hydrogen) atoms. The van der Waals surface area contributed by atoms with Crippen molar-refractivity contribution in [2.75, 3.05) is 6.61 Å². The minimum atomic E-state index is -1.00. The molecule has 0 aliphatic carbocycles. The Hall–Kier alpha value is -1.35. The van der Waals surface area contributed by atoms with Crippen molar-refractivity contribution in [1.82, 2.24) is 0 Å². The molecule has 1 aromatic rings. The van der Waals surface area contributed by atoms with Gasteiger partial charge in [-0.1, -0.05) is 12.1 Å². The number of benzene rings is 1. The van der Waals surface area contributed by atoms with E-state index in [-0.39, 0.29) is 12.4 Å². The molecule has 0 radical (unpaired) electrons. The second kappa shape index (κ2) is 2.60. The number of carbonyl (C=O) groups excluding carboxylic acids is 1. The number of Topliss-reactive ketones (excluding diaryl/α,β-unsaturated/α-hetero) is 1. The lowest BCUT2D eigenvalue weighted by molar-refractivity contribution is 0.0558. The van der Waals surface area contributed by atoms with Crippen LogP contribution < -0.4 is 4.74 Å². The van der Waals surface area contributed by atoms with Gasteiger partial charge in [0.25, 0.3) is 0 Å². The maximum absolute atomic E-state index is 11.3. The quantitative estimate of drug-likeness (QED) is 0.611. The number of aliphatic hydroxyl groups excluding tert-OH is 1. The average Bonchev–Trinajstić information content (AvgIpc) is 2.12. The first-order valence-electron chi connectivity index (χ1n) is 3.73. The molecule has 0 amide bonds. The van der Waals surface area contributed by atoms with Crippen molar-refractivity contribution in [2.45, 2.75) is 6.10 Å². The van der Waals surface area contributed by atoms with Gasteiger partial charge in [0.2, 0.25) is 0 Å². The fourth-order valence-corrected chi connectivity index (χ4v) is 1.22.